The molecule has 0 N–H and O–H groups in total. The standard InChI is InChI=1S/C14H15N5OS/c1-18(10-3-4-10)14-17-19-12(8-16-13(19)21-14)9-5-11(20-2)7-15-6-9/h5-8,10H,3-4H2,1-2H3. The van der Waals surface area contributed by atoms with Crippen molar-refractivity contribution in [2.24, 2.45) is 0 Å². The van der Waals surface area contributed by atoms with Crippen LogP contribution in [0.1, 0.15) is 12.8 Å². The van der Waals surface area contributed by atoms with Crippen LogP contribution in [0.15, 0.2) is 24.7 Å². The summed E-state index contributed by atoms with van der Waals surface area (Å²) in [4.78, 5) is 11.8. The molecule has 3 aromatic heterocycles. The lowest BCUT2D eigenvalue weighted by atomic mass is 10.2. The van der Waals surface area contributed by atoms with Gasteiger partial charge in [0.1, 0.15) is 5.75 Å². The van der Waals surface area contributed by atoms with E-state index < -0.39 is 0 Å². The highest BCUT2D eigenvalue weighted by Gasteiger charge is 2.28. The summed E-state index contributed by atoms with van der Waals surface area (Å²) in [6.45, 7) is 0. The van der Waals surface area contributed by atoms with E-state index in [0.717, 1.165) is 27.1 Å². The molecular weight excluding hydrogens is 286 g/mol. The average Bonchev–Trinajstić information content (AvgIpc) is 3.16. The minimum atomic E-state index is 0.641. The molecule has 0 aromatic carbocycles. The van der Waals surface area contributed by atoms with Crippen LogP contribution >= 0.6 is 11.3 Å². The number of hydrogen-bond acceptors (Lipinski definition) is 6. The number of aromatic nitrogens is 4. The van der Waals surface area contributed by atoms with Crippen LogP contribution in [-0.2, 0) is 0 Å². The Labute approximate surface area is 126 Å². The van der Waals surface area contributed by atoms with Crippen LogP contribution in [-0.4, -0.2) is 39.8 Å². The summed E-state index contributed by atoms with van der Waals surface area (Å²) >= 11 is 1.61. The molecule has 6 nitrogen and oxygen atoms in total. The number of methoxy groups -OCH3 is 1. The van der Waals surface area contributed by atoms with E-state index in [0.29, 0.717) is 6.04 Å². The molecule has 1 aliphatic rings. The van der Waals surface area contributed by atoms with Crippen LogP contribution in [0, 0.1) is 0 Å². The van der Waals surface area contributed by atoms with Crippen LogP contribution in [0.2, 0.25) is 0 Å². The van der Waals surface area contributed by atoms with Crippen molar-refractivity contribution in [3.63, 3.8) is 0 Å². The molecule has 1 aliphatic carbocycles. The third-order valence-corrected chi connectivity index (χ3v) is 4.73. The van der Waals surface area contributed by atoms with Gasteiger partial charge in [0.2, 0.25) is 10.1 Å². The number of hydrogen-bond donors (Lipinski definition) is 0. The van der Waals surface area contributed by atoms with Gasteiger partial charge in [-0.15, -0.1) is 5.10 Å². The zero-order chi connectivity index (χ0) is 14.4. The lowest BCUT2D eigenvalue weighted by molar-refractivity contribution is 0.413. The van der Waals surface area contributed by atoms with Crippen molar-refractivity contribution in [1.82, 2.24) is 19.6 Å². The summed E-state index contributed by atoms with van der Waals surface area (Å²) < 4.78 is 7.11. The van der Waals surface area contributed by atoms with Gasteiger partial charge in [0.25, 0.3) is 0 Å². The Bertz CT molecular complexity index is 792. The highest BCUT2D eigenvalue weighted by molar-refractivity contribution is 7.20. The first-order valence-corrected chi connectivity index (χ1v) is 7.65. The highest BCUT2D eigenvalue weighted by Crippen LogP contribution is 2.34. The van der Waals surface area contributed by atoms with Gasteiger partial charge in [-0.25, -0.2) is 9.50 Å². The summed E-state index contributed by atoms with van der Waals surface area (Å²) in [6, 6.07) is 2.59. The van der Waals surface area contributed by atoms with Crippen molar-refractivity contribution in [3.8, 4) is 17.0 Å². The first-order chi connectivity index (χ1) is 10.3. The SMILES string of the molecule is COc1cncc(-c2cnc3sc(N(C)C4CC4)nn23)c1. The number of imidazole rings is 1. The van der Waals surface area contributed by atoms with Crippen molar-refractivity contribution in [2.45, 2.75) is 18.9 Å². The molecule has 1 fully saturated rings. The van der Waals surface area contributed by atoms with E-state index >= 15 is 0 Å². The summed E-state index contributed by atoms with van der Waals surface area (Å²) in [7, 11) is 3.74. The summed E-state index contributed by atoms with van der Waals surface area (Å²) in [5.74, 6) is 0.730. The maximum Gasteiger partial charge on any atom is 0.214 e. The third kappa shape index (κ3) is 2.13. The smallest absolute Gasteiger partial charge is 0.214 e. The molecule has 1 saturated carbocycles. The first-order valence-electron chi connectivity index (χ1n) is 6.83. The van der Waals surface area contributed by atoms with Crippen molar-refractivity contribution < 1.29 is 4.74 Å². The molecule has 0 amide bonds. The number of anilines is 1. The van der Waals surface area contributed by atoms with E-state index in [4.69, 9.17) is 9.84 Å². The molecular formula is C14H15N5OS. The Kier molecular flexibility index (Phi) is 2.81. The van der Waals surface area contributed by atoms with Crippen molar-refractivity contribution in [1.29, 1.82) is 0 Å². The molecule has 0 radical (unpaired) electrons. The second-order valence-electron chi connectivity index (χ2n) is 5.18. The normalized spacial score (nSPS) is 14.6. The highest BCUT2D eigenvalue weighted by atomic mass is 32.1. The predicted octanol–water partition coefficient (Wildman–Crippen LogP) is 2.46. The summed E-state index contributed by atoms with van der Waals surface area (Å²) in [6.07, 6.45) is 7.83. The largest absolute Gasteiger partial charge is 0.495 e. The van der Waals surface area contributed by atoms with Crippen molar-refractivity contribution in [3.05, 3.63) is 24.7 Å². The van der Waals surface area contributed by atoms with Crippen LogP contribution in [0.25, 0.3) is 16.2 Å². The van der Waals surface area contributed by atoms with Crippen LogP contribution in [0.4, 0.5) is 5.13 Å². The zero-order valence-electron chi connectivity index (χ0n) is 11.9. The number of rotatable bonds is 4. The van der Waals surface area contributed by atoms with E-state index in [1.807, 2.05) is 16.8 Å². The van der Waals surface area contributed by atoms with E-state index in [1.165, 1.54) is 12.8 Å². The molecule has 0 bridgehead atoms. The predicted molar refractivity (Wildman–Crippen MR) is 82.1 cm³/mol. The van der Waals surface area contributed by atoms with E-state index in [-0.39, 0.29) is 0 Å². The minimum Gasteiger partial charge on any atom is -0.495 e. The lowest BCUT2D eigenvalue weighted by Gasteiger charge is -2.12. The fourth-order valence-electron chi connectivity index (χ4n) is 2.31. The Morgan fingerprint density at radius 2 is 2.19 bits per heavy atom. The van der Waals surface area contributed by atoms with Gasteiger partial charge in [-0.2, -0.15) is 0 Å². The Morgan fingerprint density at radius 1 is 1.33 bits per heavy atom. The first kappa shape index (κ1) is 12.6. The van der Waals surface area contributed by atoms with Crippen LogP contribution in [0.3, 0.4) is 0 Å². The van der Waals surface area contributed by atoms with Crippen LogP contribution < -0.4 is 9.64 Å². The third-order valence-electron chi connectivity index (χ3n) is 3.72. The molecule has 3 heterocycles. The van der Waals surface area contributed by atoms with E-state index in [9.17, 15) is 0 Å². The van der Waals surface area contributed by atoms with Gasteiger partial charge in [-0.05, 0) is 18.9 Å². The quantitative estimate of drug-likeness (QED) is 0.741. The van der Waals surface area contributed by atoms with Gasteiger partial charge in [0, 0.05) is 24.8 Å². The number of ether oxygens (including phenoxy) is 1. The van der Waals surface area contributed by atoms with Gasteiger partial charge in [0.05, 0.1) is 25.2 Å². The van der Waals surface area contributed by atoms with E-state index in [1.54, 1.807) is 30.8 Å². The topological polar surface area (TPSA) is 55.6 Å². The van der Waals surface area contributed by atoms with Crippen molar-refractivity contribution >= 4 is 21.4 Å². The molecule has 0 aliphatic heterocycles. The minimum absolute atomic E-state index is 0.641. The molecule has 108 valence electrons. The van der Waals surface area contributed by atoms with Gasteiger partial charge in [-0.1, -0.05) is 11.3 Å². The summed E-state index contributed by atoms with van der Waals surface area (Å²) in [5, 5.41) is 5.71. The zero-order valence-corrected chi connectivity index (χ0v) is 12.7. The van der Waals surface area contributed by atoms with Gasteiger partial charge in [-0.3, -0.25) is 4.98 Å². The average molecular weight is 301 g/mol. The Hall–Kier alpha value is -2.15. The Morgan fingerprint density at radius 3 is 2.95 bits per heavy atom. The molecule has 0 atom stereocenters. The fourth-order valence-corrected chi connectivity index (χ4v) is 3.22. The van der Waals surface area contributed by atoms with Crippen LogP contribution in [0.5, 0.6) is 5.75 Å². The Balaban J connectivity index is 1.77. The molecule has 3 aromatic rings. The second-order valence-corrected chi connectivity index (χ2v) is 6.11. The molecule has 7 heteroatoms. The molecule has 0 spiro atoms. The maximum absolute atomic E-state index is 5.23. The van der Waals surface area contributed by atoms with Gasteiger partial charge < -0.3 is 9.64 Å². The molecule has 4 rings (SSSR count). The monoisotopic (exact) mass is 301 g/mol. The number of pyridine rings is 1. The number of fused-ring (bicyclic) bond motifs is 1. The lowest BCUT2D eigenvalue weighted by Crippen LogP contribution is -2.19. The number of nitrogens with zero attached hydrogens (tertiary/aromatic N) is 5. The fraction of sp³-hybridized carbons (Fsp3) is 0.357. The van der Waals surface area contributed by atoms with Gasteiger partial charge >= 0.3 is 0 Å². The van der Waals surface area contributed by atoms with Crippen molar-refractivity contribution in [2.75, 3.05) is 19.1 Å². The molecule has 0 unspecified atom stereocenters. The molecule has 21 heavy (non-hydrogen) atoms. The molecule has 0 saturated heterocycles. The second kappa shape index (κ2) is 4.70. The van der Waals surface area contributed by atoms with Gasteiger partial charge in [0.15, 0.2) is 0 Å². The summed E-state index contributed by atoms with van der Waals surface area (Å²) in [5.41, 5.74) is 1.89. The van der Waals surface area contributed by atoms with E-state index in [2.05, 4.69) is 21.9 Å². The maximum atomic E-state index is 5.23.